The maximum atomic E-state index is 14.2. The van der Waals surface area contributed by atoms with E-state index in [-0.39, 0.29) is 80.1 Å². The van der Waals surface area contributed by atoms with Crippen LogP contribution in [0.15, 0.2) is 274 Å². The first kappa shape index (κ1) is 80.3. The van der Waals surface area contributed by atoms with Crippen LogP contribution in [0.4, 0.5) is 4.39 Å². The summed E-state index contributed by atoms with van der Waals surface area (Å²) in [7, 11) is 0. The second-order valence-corrected chi connectivity index (χ2v) is 33.7. The predicted molar refractivity (Wildman–Crippen MR) is 461 cm³/mol. The van der Waals surface area contributed by atoms with Crippen LogP contribution in [0.2, 0.25) is 0 Å². The molecule has 3 aliphatic heterocycles. The van der Waals surface area contributed by atoms with E-state index in [0.29, 0.717) is 113 Å². The zero-order valence-corrected chi connectivity index (χ0v) is 68.3. The molecule has 0 saturated heterocycles. The third-order valence-electron chi connectivity index (χ3n) is 21.4. The number of halogens is 1. The molecule has 12 aromatic rings. The number of aryl methyl sites for hydroxylation is 3. The Balaban J connectivity index is 0.000000149. The summed E-state index contributed by atoms with van der Waals surface area (Å²) in [6.07, 6.45) is 3.08. The van der Waals surface area contributed by atoms with Crippen molar-refractivity contribution in [2.75, 3.05) is 26.2 Å². The Kier molecular flexibility index (Phi) is 23.6. The molecule has 0 bridgehead atoms. The van der Waals surface area contributed by atoms with E-state index in [1.54, 1.807) is 18.2 Å². The molecule has 15 rings (SSSR count). The van der Waals surface area contributed by atoms with Gasteiger partial charge in [0.25, 0.3) is 0 Å². The highest BCUT2D eigenvalue weighted by Crippen LogP contribution is 2.43. The summed E-state index contributed by atoms with van der Waals surface area (Å²) >= 11 is 0. The number of phenolic OH excluding ortho intramolecular Hbond substituents is 1. The molecule has 586 valence electrons. The number of phenols is 1. The van der Waals surface area contributed by atoms with Crippen LogP contribution >= 0.6 is 0 Å². The minimum Gasteiger partial charge on any atom is -0.508 e. The Labute approximate surface area is 668 Å². The number of hydrogen-bond acceptors (Lipinski definition) is 14. The number of benzene rings is 9. The van der Waals surface area contributed by atoms with E-state index < -0.39 is 5.82 Å². The van der Waals surface area contributed by atoms with Crippen LogP contribution in [0.3, 0.4) is 0 Å². The van der Waals surface area contributed by atoms with E-state index >= 15 is 0 Å². The number of rotatable bonds is 21. The van der Waals surface area contributed by atoms with Gasteiger partial charge in [0.05, 0.1) is 50.9 Å². The van der Waals surface area contributed by atoms with Gasteiger partial charge in [0.15, 0.2) is 16.3 Å². The fourth-order valence-corrected chi connectivity index (χ4v) is 16.1. The Hall–Kier alpha value is -11.7. The molecule has 3 aromatic heterocycles. The van der Waals surface area contributed by atoms with Gasteiger partial charge in [-0.05, 0) is 133 Å². The predicted octanol–water partition coefficient (Wildman–Crippen LogP) is 21.2. The summed E-state index contributed by atoms with van der Waals surface area (Å²) in [5.74, 6) is 5.27. The first-order chi connectivity index (χ1) is 54.4. The SMILES string of the molecule is C=CCOc1ccc2c(=O)c(Cc3ccccc3)c([C@@H](C(C)C)N3CC(C)(C)N=C3c3ccc(C)cc3)oc2c1.Cc1ccc(C2=NC(C)(C)CN2[C@@H](c2oc3cc(F)ccc3c(=O)c2Cc2ccccc2)C(C)C)cc1.Cc1ccc(C2=NC(C)(C)CN2[C@@H](c2oc3cc(O)ccc3c(=O)c2Cc2ccccc2)C(C)C)cc1. The van der Waals surface area contributed by atoms with Gasteiger partial charge in [-0.3, -0.25) is 29.4 Å². The molecule has 9 aromatic carbocycles. The molecule has 0 unspecified atom stereocenters. The molecule has 0 spiro atoms. The van der Waals surface area contributed by atoms with Crippen LogP contribution in [0, 0.1) is 44.3 Å². The summed E-state index contributed by atoms with van der Waals surface area (Å²) in [4.78, 5) is 64.3. The molecule has 0 aliphatic carbocycles. The molecule has 114 heavy (non-hydrogen) atoms. The number of aliphatic imine (C=N–C) groups is 3. The van der Waals surface area contributed by atoms with Gasteiger partial charge in [0, 0.05) is 90.5 Å². The van der Waals surface area contributed by atoms with Crippen molar-refractivity contribution in [2.24, 2.45) is 32.7 Å². The summed E-state index contributed by atoms with van der Waals surface area (Å²) in [6, 6.07) is 69.0. The second-order valence-electron chi connectivity index (χ2n) is 33.7. The molecule has 1 N–H and O–H groups in total. The minimum absolute atomic E-state index is 0.00620. The summed E-state index contributed by atoms with van der Waals surface area (Å²) in [5.41, 5.74) is 11.9. The van der Waals surface area contributed by atoms with Crippen molar-refractivity contribution >= 4 is 50.4 Å². The molecule has 14 nitrogen and oxygen atoms in total. The van der Waals surface area contributed by atoms with E-state index in [4.69, 9.17) is 33.0 Å². The Bertz CT molecular complexity index is 5530. The lowest BCUT2D eigenvalue weighted by atomic mass is 9.91. The van der Waals surface area contributed by atoms with Crippen LogP contribution in [0.1, 0.15) is 185 Å². The summed E-state index contributed by atoms with van der Waals surface area (Å²) in [5, 5.41) is 11.6. The van der Waals surface area contributed by atoms with Gasteiger partial charge in [-0.1, -0.05) is 235 Å². The Morgan fingerprint density at radius 2 is 0.737 bits per heavy atom. The second kappa shape index (κ2) is 33.5. The van der Waals surface area contributed by atoms with Crippen LogP contribution in [-0.2, 0) is 19.3 Å². The Morgan fingerprint density at radius 1 is 0.430 bits per heavy atom. The van der Waals surface area contributed by atoms with E-state index in [2.05, 4.69) is 210 Å². The van der Waals surface area contributed by atoms with Gasteiger partial charge in [-0.2, -0.15) is 0 Å². The minimum atomic E-state index is -0.428. The maximum absolute atomic E-state index is 14.2. The van der Waals surface area contributed by atoms with Crippen LogP contribution < -0.4 is 21.0 Å². The van der Waals surface area contributed by atoms with Gasteiger partial charge in [0.2, 0.25) is 0 Å². The number of amidine groups is 3. The largest absolute Gasteiger partial charge is 0.508 e. The summed E-state index contributed by atoms with van der Waals surface area (Å²) in [6.45, 7) is 38.2. The van der Waals surface area contributed by atoms with E-state index in [0.717, 1.165) is 50.9 Å². The standard InChI is InChI=1S/C35H38N2O3.C32H33FN2O2.C32H34N2O3/c1-7-19-39-27-17-18-28-30(21-27)40-33(29(32(28)38)20-25-11-9-8-10-12-25)31(23(2)3)37-22-35(5,6)36-34(37)26-15-13-24(4)14-16-26;1-20(2)28(35-19-32(4,5)34-31(35)23-13-11-21(3)12-14-23)30-26(17-22-9-7-6-8-10-22)29(36)25-16-15-24(33)18-27(25)37-30;1-20(2)28(34-19-32(4,5)33-31(34)23-13-11-21(3)12-14-23)30-26(17-22-9-7-6-8-10-22)29(36)25-16-15-24(35)18-27(25)37-30/h7-18,21,23,31H,1,19-20,22H2,2-6H3;6-16,18,20,28H,17,19H2,1-5H3;6-16,18,20,28,35H,17,19H2,1-5H3/t31-;2*28-/m111/s1. The maximum Gasteiger partial charge on any atom is 0.196 e. The van der Waals surface area contributed by atoms with E-state index in [1.807, 2.05) is 91.0 Å². The monoisotopic (exact) mass is 1520 g/mol. The average molecular weight is 1530 g/mol. The summed E-state index contributed by atoms with van der Waals surface area (Å²) < 4.78 is 39.9. The first-order valence-electron chi connectivity index (χ1n) is 39.7. The first-order valence-corrected chi connectivity index (χ1v) is 39.7. The number of fused-ring (bicyclic) bond motifs is 3. The number of nitrogens with zero attached hydrogens (tertiary/aromatic N) is 6. The van der Waals surface area contributed by atoms with Gasteiger partial charge >= 0.3 is 0 Å². The van der Waals surface area contributed by atoms with Crippen molar-refractivity contribution in [2.45, 2.75) is 158 Å². The van der Waals surface area contributed by atoms with Gasteiger partial charge in [-0.15, -0.1) is 0 Å². The lowest BCUT2D eigenvalue weighted by molar-refractivity contribution is 0.210. The number of aromatic hydroxyl groups is 1. The Morgan fingerprint density at radius 3 is 1.06 bits per heavy atom. The highest BCUT2D eigenvalue weighted by Gasteiger charge is 2.44. The molecule has 15 heteroatoms. The molecule has 0 saturated carbocycles. The van der Waals surface area contributed by atoms with E-state index in [1.165, 1.54) is 47.0 Å². The van der Waals surface area contributed by atoms with Crippen molar-refractivity contribution in [3.8, 4) is 11.5 Å². The van der Waals surface area contributed by atoms with Gasteiger partial charge in [0.1, 0.15) is 75.5 Å². The fraction of sp³-hybridized carbons (Fsp3) is 0.313. The zero-order valence-electron chi connectivity index (χ0n) is 68.3. The lowest BCUT2D eigenvalue weighted by Crippen LogP contribution is -2.39. The molecule has 0 radical (unpaired) electrons. The van der Waals surface area contributed by atoms with Crippen molar-refractivity contribution in [3.63, 3.8) is 0 Å². The fourth-order valence-electron chi connectivity index (χ4n) is 16.1. The zero-order chi connectivity index (χ0) is 81.1. The molecule has 6 heterocycles. The smallest absolute Gasteiger partial charge is 0.196 e. The van der Waals surface area contributed by atoms with Crippen LogP contribution in [0.5, 0.6) is 11.5 Å². The van der Waals surface area contributed by atoms with Crippen molar-refractivity contribution in [1.82, 2.24) is 14.7 Å². The van der Waals surface area contributed by atoms with Crippen molar-refractivity contribution in [1.29, 1.82) is 0 Å². The highest BCUT2D eigenvalue weighted by molar-refractivity contribution is 6.02. The van der Waals surface area contributed by atoms with Crippen LogP contribution in [-0.4, -0.2) is 80.2 Å². The van der Waals surface area contributed by atoms with Crippen molar-refractivity contribution in [3.05, 3.63) is 352 Å². The molecule has 3 aliphatic rings. The van der Waals surface area contributed by atoms with E-state index in [9.17, 15) is 23.9 Å². The normalized spacial score (nSPS) is 15.7. The number of hydrogen-bond donors (Lipinski definition) is 1. The molecule has 0 amide bonds. The molecular formula is C99H105FN6O8. The molecule has 3 atom stereocenters. The highest BCUT2D eigenvalue weighted by atomic mass is 19.1. The lowest BCUT2D eigenvalue weighted by Gasteiger charge is -2.35. The average Bonchev–Trinajstić information content (AvgIpc) is 1.44. The third kappa shape index (κ3) is 17.9. The molecular weight excluding hydrogens is 1420 g/mol. The molecule has 0 fully saturated rings. The van der Waals surface area contributed by atoms with Crippen molar-refractivity contribution < 1.29 is 27.5 Å². The number of ether oxygens (including phenoxy) is 1. The topological polar surface area (TPSA) is 167 Å². The third-order valence-corrected chi connectivity index (χ3v) is 21.4. The van der Waals surface area contributed by atoms with Crippen LogP contribution in [0.25, 0.3) is 32.9 Å². The van der Waals surface area contributed by atoms with Gasteiger partial charge in [-0.25, -0.2) is 4.39 Å². The quantitative estimate of drug-likeness (QED) is 0.0680. The van der Waals surface area contributed by atoms with Gasteiger partial charge < -0.3 is 37.8 Å².